The summed E-state index contributed by atoms with van der Waals surface area (Å²) in [5.74, 6) is 0.0178. The van der Waals surface area contributed by atoms with Crippen LogP contribution in [0.5, 0.6) is 0 Å². The number of nitrogens with one attached hydrogen (secondary N) is 1. The van der Waals surface area contributed by atoms with Crippen LogP contribution in [-0.4, -0.2) is 26.2 Å². The molecular weight excluding hydrogens is 488 g/mol. The third-order valence-corrected chi connectivity index (χ3v) is 7.56. The van der Waals surface area contributed by atoms with E-state index in [-0.39, 0.29) is 17.2 Å². The Hall–Kier alpha value is -3.20. The molecule has 9 heteroatoms. The van der Waals surface area contributed by atoms with Gasteiger partial charge in [-0.3, -0.25) is 14.2 Å². The molecule has 3 heterocycles. The number of carbonyl (C=O) groups excluding carboxylic acids is 1. The summed E-state index contributed by atoms with van der Waals surface area (Å²) in [5, 5.41) is 4.89. The largest absolute Gasteiger partial charge is 0.351 e. The van der Waals surface area contributed by atoms with Gasteiger partial charge in [0.25, 0.3) is 5.56 Å². The van der Waals surface area contributed by atoms with Crippen LogP contribution in [0.2, 0.25) is 5.02 Å². The molecule has 1 amide bonds. The fourth-order valence-corrected chi connectivity index (χ4v) is 5.52. The molecule has 34 heavy (non-hydrogen) atoms. The molecular formula is C25H19ClN4O2S2. The lowest BCUT2D eigenvalue weighted by Crippen LogP contribution is -2.26. The van der Waals surface area contributed by atoms with Gasteiger partial charge in [0.15, 0.2) is 5.16 Å². The summed E-state index contributed by atoms with van der Waals surface area (Å²) in [6.07, 6.45) is 1.71. The molecule has 0 spiro atoms. The number of halogens is 1. The van der Waals surface area contributed by atoms with Crippen molar-refractivity contribution in [1.82, 2.24) is 19.9 Å². The molecule has 2 aromatic carbocycles. The van der Waals surface area contributed by atoms with Crippen LogP contribution in [0.25, 0.3) is 20.4 Å². The van der Waals surface area contributed by atoms with Crippen LogP contribution >= 0.6 is 34.7 Å². The molecule has 1 N–H and O–H groups in total. The maximum absolute atomic E-state index is 13.5. The van der Waals surface area contributed by atoms with E-state index in [2.05, 4.69) is 10.3 Å². The molecule has 0 aliphatic rings. The molecule has 0 aliphatic heterocycles. The smallest absolute Gasteiger partial charge is 0.272 e. The fraction of sp³-hybridized carbons (Fsp3) is 0.120. The minimum absolute atomic E-state index is 0.127. The van der Waals surface area contributed by atoms with Gasteiger partial charge in [-0.05, 0) is 35.4 Å². The number of pyridine rings is 1. The number of nitrogens with zero attached hydrogens (tertiary/aromatic N) is 3. The number of rotatable bonds is 7. The Morgan fingerprint density at radius 2 is 1.82 bits per heavy atom. The number of amides is 1. The van der Waals surface area contributed by atoms with Gasteiger partial charge in [0.2, 0.25) is 5.91 Å². The van der Waals surface area contributed by atoms with E-state index in [4.69, 9.17) is 16.6 Å². The van der Waals surface area contributed by atoms with Gasteiger partial charge < -0.3 is 5.32 Å². The first kappa shape index (κ1) is 22.6. The second-order valence-electron chi connectivity index (χ2n) is 7.60. The minimum atomic E-state index is -0.143. The molecule has 5 rings (SSSR count). The van der Waals surface area contributed by atoms with Gasteiger partial charge in [0.05, 0.1) is 17.8 Å². The summed E-state index contributed by atoms with van der Waals surface area (Å²) in [6.45, 7) is 0.777. The number of hydrogen-bond donors (Lipinski definition) is 1. The second-order valence-corrected chi connectivity index (χ2v) is 9.98. The molecule has 3 aromatic heterocycles. The minimum Gasteiger partial charge on any atom is -0.351 e. The average Bonchev–Trinajstić information content (AvgIpc) is 3.24. The lowest BCUT2D eigenvalue weighted by molar-refractivity contribution is -0.118. The Labute approximate surface area is 208 Å². The maximum atomic E-state index is 13.5. The second kappa shape index (κ2) is 9.97. The van der Waals surface area contributed by atoms with E-state index in [1.54, 1.807) is 22.9 Å². The fourth-order valence-electron chi connectivity index (χ4n) is 3.54. The SMILES string of the molecule is O=C(CSc1nc2c(sc3ncccc32)c(=O)n1Cc1ccc(Cl)cc1)NCc1ccccc1. The Kier molecular flexibility index (Phi) is 6.62. The highest BCUT2D eigenvalue weighted by atomic mass is 35.5. The monoisotopic (exact) mass is 506 g/mol. The van der Waals surface area contributed by atoms with Gasteiger partial charge in [-0.1, -0.05) is 65.8 Å². The molecule has 0 saturated heterocycles. The van der Waals surface area contributed by atoms with Crippen LogP contribution in [0.15, 0.2) is 82.9 Å². The van der Waals surface area contributed by atoms with E-state index in [1.165, 1.54) is 23.1 Å². The van der Waals surface area contributed by atoms with Crippen LogP contribution in [0.4, 0.5) is 0 Å². The lowest BCUT2D eigenvalue weighted by Gasteiger charge is -2.12. The normalized spacial score (nSPS) is 11.2. The molecule has 0 aliphatic carbocycles. The van der Waals surface area contributed by atoms with E-state index < -0.39 is 0 Å². The quantitative estimate of drug-likeness (QED) is 0.245. The summed E-state index contributed by atoms with van der Waals surface area (Å²) in [7, 11) is 0. The number of fused-ring (bicyclic) bond motifs is 3. The topological polar surface area (TPSA) is 76.9 Å². The van der Waals surface area contributed by atoms with Gasteiger partial charge in [-0.25, -0.2) is 9.97 Å². The Morgan fingerprint density at radius 3 is 2.62 bits per heavy atom. The Balaban J connectivity index is 1.46. The van der Waals surface area contributed by atoms with Crippen molar-refractivity contribution in [3.63, 3.8) is 0 Å². The van der Waals surface area contributed by atoms with Gasteiger partial charge in [-0.15, -0.1) is 11.3 Å². The van der Waals surface area contributed by atoms with Crippen molar-refractivity contribution in [1.29, 1.82) is 0 Å². The van der Waals surface area contributed by atoms with Crippen LogP contribution in [0.1, 0.15) is 11.1 Å². The summed E-state index contributed by atoms with van der Waals surface area (Å²) in [4.78, 5) is 36.0. The summed E-state index contributed by atoms with van der Waals surface area (Å²) < 4.78 is 2.18. The number of thioether (sulfide) groups is 1. The van der Waals surface area contributed by atoms with Crippen molar-refractivity contribution in [2.75, 3.05) is 5.75 Å². The van der Waals surface area contributed by atoms with Crippen molar-refractivity contribution in [2.24, 2.45) is 0 Å². The number of carbonyl (C=O) groups is 1. The number of thiophene rings is 1. The molecule has 0 bridgehead atoms. The zero-order chi connectivity index (χ0) is 23.5. The lowest BCUT2D eigenvalue weighted by atomic mass is 10.2. The summed E-state index contributed by atoms with van der Waals surface area (Å²) in [6, 6.07) is 20.8. The standard InChI is InChI=1S/C25H19ClN4O2S2/c26-18-10-8-17(9-11-18)14-30-24(32)22-21(19-7-4-12-27-23(19)34-22)29-25(30)33-15-20(31)28-13-16-5-2-1-3-6-16/h1-12H,13-15H2,(H,28,31). The number of aromatic nitrogens is 3. The van der Waals surface area contributed by atoms with Gasteiger partial charge in [0, 0.05) is 23.2 Å². The zero-order valence-corrected chi connectivity index (χ0v) is 20.3. The predicted octanol–water partition coefficient (Wildman–Crippen LogP) is 5.12. The molecule has 5 aromatic rings. The van der Waals surface area contributed by atoms with E-state index in [1.807, 2.05) is 54.6 Å². The van der Waals surface area contributed by atoms with Crippen LogP contribution in [0, 0.1) is 0 Å². The van der Waals surface area contributed by atoms with Gasteiger partial charge >= 0.3 is 0 Å². The molecule has 6 nitrogen and oxygen atoms in total. The third-order valence-electron chi connectivity index (χ3n) is 5.24. The highest BCUT2D eigenvalue weighted by molar-refractivity contribution is 7.99. The van der Waals surface area contributed by atoms with Crippen molar-refractivity contribution < 1.29 is 4.79 Å². The first-order valence-electron chi connectivity index (χ1n) is 10.5. The van der Waals surface area contributed by atoms with Gasteiger partial charge in [0.1, 0.15) is 9.53 Å². The van der Waals surface area contributed by atoms with Crippen LogP contribution < -0.4 is 10.9 Å². The van der Waals surface area contributed by atoms with E-state index in [0.717, 1.165) is 21.3 Å². The first-order chi connectivity index (χ1) is 16.6. The van der Waals surface area contributed by atoms with Crippen molar-refractivity contribution in [3.8, 4) is 0 Å². The molecule has 0 saturated carbocycles. The maximum Gasteiger partial charge on any atom is 0.272 e. The van der Waals surface area contributed by atoms with Gasteiger partial charge in [-0.2, -0.15) is 0 Å². The zero-order valence-electron chi connectivity index (χ0n) is 17.9. The molecule has 170 valence electrons. The molecule has 0 atom stereocenters. The molecule has 0 unspecified atom stereocenters. The van der Waals surface area contributed by atoms with Crippen molar-refractivity contribution in [2.45, 2.75) is 18.2 Å². The Bertz CT molecular complexity index is 1530. The number of benzene rings is 2. The first-order valence-corrected chi connectivity index (χ1v) is 12.7. The van der Waals surface area contributed by atoms with Crippen molar-refractivity contribution in [3.05, 3.63) is 99.4 Å². The average molecular weight is 507 g/mol. The molecule has 0 fully saturated rings. The summed E-state index contributed by atoms with van der Waals surface area (Å²) in [5.41, 5.74) is 2.42. The van der Waals surface area contributed by atoms with E-state index >= 15 is 0 Å². The van der Waals surface area contributed by atoms with Crippen molar-refractivity contribution >= 4 is 61.0 Å². The summed E-state index contributed by atoms with van der Waals surface area (Å²) >= 11 is 8.61. The predicted molar refractivity (Wildman–Crippen MR) is 139 cm³/mol. The molecule has 0 radical (unpaired) electrons. The highest BCUT2D eigenvalue weighted by Gasteiger charge is 2.18. The number of hydrogen-bond acceptors (Lipinski definition) is 6. The Morgan fingerprint density at radius 1 is 1.03 bits per heavy atom. The highest BCUT2D eigenvalue weighted by Crippen LogP contribution is 2.30. The van der Waals surface area contributed by atoms with Crippen LogP contribution in [0.3, 0.4) is 0 Å². The van der Waals surface area contributed by atoms with E-state index in [9.17, 15) is 9.59 Å². The van der Waals surface area contributed by atoms with Crippen LogP contribution in [-0.2, 0) is 17.9 Å². The third kappa shape index (κ3) is 4.84. The van der Waals surface area contributed by atoms with E-state index in [0.29, 0.717) is 33.5 Å².